The first kappa shape index (κ1) is 21.8. The molecule has 1 amide bonds. The number of fused-ring (bicyclic) bond motifs is 1. The Balaban J connectivity index is 0.00000131. The van der Waals surface area contributed by atoms with E-state index in [0.717, 1.165) is 63.0 Å². The molecule has 1 aromatic heterocycles. The summed E-state index contributed by atoms with van der Waals surface area (Å²) in [6.07, 6.45) is 3.94. The van der Waals surface area contributed by atoms with Crippen molar-refractivity contribution in [3.05, 3.63) is 23.8 Å². The largest absolute Gasteiger partial charge is 0.423 e. The van der Waals surface area contributed by atoms with Gasteiger partial charge in [0.2, 0.25) is 5.91 Å². The van der Waals surface area contributed by atoms with Crippen LogP contribution >= 0.6 is 24.8 Å². The summed E-state index contributed by atoms with van der Waals surface area (Å²) in [6, 6.07) is 6.88. The Bertz CT molecular complexity index is 774. The maximum Gasteiger partial charge on any atom is 0.298 e. The first-order valence-electron chi connectivity index (χ1n) is 9.26. The molecule has 1 aromatic carbocycles. The molecular formula is C19H28Cl2N4O2. The van der Waals surface area contributed by atoms with Gasteiger partial charge in [-0.1, -0.05) is 12.5 Å². The van der Waals surface area contributed by atoms with E-state index in [1.54, 1.807) is 0 Å². The highest BCUT2D eigenvalue weighted by Gasteiger charge is 2.31. The molecule has 2 N–H and O–H groups in total. The van der Waals surface area contributed by atoms with Gasteiger partial charge in [-0.15, -0.1) is 24.8 Å². The first-order chi connectivity index (χ1) is 12.1. The summed E-state index contributed by atoms with van der Waals surface area (Å²) in [5.41, 5.74) is 8.92. The minimum atomic E-state index is 0. The summed E-state index contributed by atoms with van der Waals surface area (Å²) >= 11 is 0. The summed E-state index contributed by atoms with van der Waals surface area (Å²) in [7, 11) is 0. The number of amides is 1. The minimum absolute atomic E-state index is 0. The van der Waals surface area contributed by atoms with Crippen LogP contribution in [0.5, 0.6) is 0 Å². The molecule has 150 valence electrons. The molecule has 2 heterocycles. The Kier molecular flexibility index (Phi) is 7.37. The molecule has 2 aromatic rings. The van der Waals surface area contributed by atoms with Crippen molar-refractivity contribution in [1.82, 2.24) is 9.88 Å². The van der Waals surface area contributed by atoms with E-state index in [1.165, 1.54) is 5.56 Å². The second-order valence-electron chi connectivity index (χ2n) is 7.40. The second kappa shape index (κ2) is 9.13. The standard InChI is InChI=1S/C19H26N4O2.2ClH/c1-13-5-6-17-16(11-13)21-19(25-17)23-9-7-22(8-10-23)18(24)14-3-2-4-15(20)12-14;;/h5-6,11,14-15H,2-4,7-10,12,20H2,1H3;2*1H. The van der Waals surface area contributed by atoms with Gasteiger partial charge in [0.25, 0.3) is 6.01 Å². The number of anilines is 1. The van der Waals surface area contributed by atoms with Crippen LogP contribution in [0.1, 0.15) is 31.2 Å². The van der Waals surface area contributed by atoms with Crippen LogP contribution in [-0.4, -0.2) is 48.0 Å². The Labute approximate surface area is 172 Å². The smallest absolute Gasteiger partial charge is 0.298 e. The minimum Gasteiger partial charge on any atom is -0.423 e. The number of hydrogen-bond donors (Lipinski definition) is 1. The molecule has 0 radical (unpaired) electrons. The zero-order valence-electron chi connectivity index (χ0n) is 15.6. The van der Waals surface area contributed by atoms with Crippen LogP contribution in [0.15, 0.2) is 22.6 Å². The highest BCUT2D eigenvalue weighted by molar-refractivity contribution is 5.85. The van der Waals surface area contributed by atoms with Crippen molar-refractivity contribution in [2.45, 2.75) is 38.6 Å². The van der Waals surface area contributed by atoms with E-state index >= 15 is 0 Å². The van der Waals surface area contributed by atoms with Crippen LogP contribution < -0.4 is 10.6 Å². The van der Waals surface area contributed by atoms with E-state index in [2.05, 4.69) is 16.8 Å². The third-order valence-corrected chi connectivity index (χ3v) is 5.46. The van der Waals surface area contributed by atoms with Crippen molar-refractivity contribution in [3.8, 4) is 0 Å². The van der Waals surface area contributed by atoms with Gasteiger partial charge in [0.15, 0.2) is 5.58 Å². The van der Waals surface area contributed by atoms with Crippen LogP contribution in [0.25, 0.3) is 11.1 Å². The molecule has 0 bridgehead atoms. The maximum atomic E-state index is 12.7. The fourth-order valence-electron chi connectivity index (χ4n) is 3.99. The molecule has 2 aliphatic rings. The van der Waals surface area contributed by atoms with Crippen molar-refractivity contribution in [1.29, 1.82) is 0 Å². The van der Waals surface area contributed by atoms with Crippen LogP contribution in [-0.2, 0) is 4.79 Å². The number of aromatic nitrogens is 1. The third-order valence-electron chi connectivity index (χ3n) is 5.46. The topological polar surface area (TPSA) is 75.6 Å². The quantitative estimate of drug-likeness (QED) is 0.816. The molecule has 2 atom stereocenters. The number of hydrogen-bond acceptors (Lipinski definition) is 5. The summed E-state index contributed by atoms with van der Waals surface area (Å²) in [4.78, 5) is 21.5. The average molecular weight is 415 g/mol. The maximum absolute atomic E-state index is 12.7. The van der Waals surface area contributed by atoms with Crippen molar-refractivity contribution in [2.24, 2.45) is 11.7 Å². The molecule has 6 nitrogen and oxygen atoms in total. The molecule has 2 fully saturated rings. The van der Waals surface area contributed by atoms with E-state index in [4.69, 9.17) is 10.2 Å². The summed E-state index contributed by atoms with van der Waals surface area (Å²) < 4.78 is 5.88. The molecule has 0 spiro atoms. The number of oxazole rings is 1. The molecule has 2 unspecified atom stereocenters. The van der Waals surface area contributed by atoms with Gasteiger partial charge in [0.05, 0.1) is 0 Å². The van der Waals surface area contributed by atoms with Crippen LogP contribution in [0.3, 0.4) is 0 Å². The zero-order valence-corrected chi connectivity index (χ0v) is 17.2. The van der Waals surface area contributed by atoms with Gasteiger partial charge in [-0.2, -0.15) is 4.98 Å². The van der Waals surface area contributed by atoms with Gasteiger partial charge >= 0.3 is 0 Å². The summed E-state index contributed by atoms with van der Waals surface area (Å²) in [6.45, 7) is 5.02. The van der Waals surface area contributed by atoms with Crippen LogP contribution in [0.2, 0.25) is 0 Å². The number of carbonyl (C=O) groups is 1. The second-order valence-corrected chi connectivity index (χ2v) is 7.40. The average Bonchev–Trinajstić information content (AvgIpc) is 3.04. The van der Waals surface area contributed by atoms with Gasteiger partial charge in [0, 0.05) is 38.1 Å². The highest BCUT2D eigenvalue weighted by atomic mass is 35.5. The number of nitrogens with zero attached hydrogens (tertiary/aromatic N) is 3. The molecule has 27 heavy (non-hydrogen) atoms. The molecule has 4 rings (SSSR count). The van der Waals surface area contributed by atoms with E-state index in [1.807, 2.05) is 23.1 Å². The summed E-state index contributed by atoms with van der Waals surface area (Å²) in [5.74, 6) is 0.394. The fraction of sp³-hybridized carbons (Fsp3) is 0.579. The van der Waals surface area contributed by atoms with Crippen molar-refractivity contribution < 1.29 is 9.21 Å². The Morgan fingerprint density at radius 2 is 1.93 bits per heavy atom. The Morgan fingerprint density at radius 3 is 2.63 bits per heavy atom. The van der Waals surface area contributed by atoms with E-state index < -0.39 is 0 Å². The van der Waals surface area contributed by atoms with Gasteiger partial charge in [-0.25, -0.2) is 0 Å². The predicted molar refractivity (Wildman–Crippen MR) is 112 cm³/mol. The molecular weight excluding hydrogens is 387 g/mol. The normalized spacial score (nSPS) is 22.9. The number of benzene rings is 1. The highest BCUT2D eigenvalue weighted by Crippen LogP contribution is 2.27. The van der Waals surface area contributed by atoms with Gasteiger partial charge in [0.1, 0.15) is 5.52 Å². The fourth-order valence-corrected chi connectivity index (χ4v) is 3.99. The predicted octanol–water partition coefficient (Wildman–Crippen LogP) is 3.15. The summed E-state index contributed by atoms with van der Waals surface area (Å²) in [5, 5.41) is 0. The number of nitrogens with two attached hydrogens (primary N) is 1. The number of carbonyl (C=O) groups excluding carboxylic acids is 1. The molecule has 1 aliphatic carbocycles. The van der Waals surface area contributed by atoms with Gasteiger partial charge in [-0.05, 0) is 43.9 Å². The van der Waals surface area contributed by atoms with Crippen LogP contribution in [0.4, 0.5) is 6.01 Å². The number of piperazine rings is 1. The number of aryl methyl sites for hydroxylation is 1. The molecule has 1 saturated carbocycles. The monoisotopic (exact) mass is 414 g/mol. The van der Waals surface area contributed by atoms with Crippen molar-refractivity contribution in [2.75, 3.05) is 31.1 Å². The van der Waals surface area contributed by atoms with E-state index in [-0.39, 0.29) is 42.7 Å². The van der Waals surface area contributed by atoms with E-state index in [0.29, 0.717) is 6.01 Å². The molecule has 8 heteroatoms. The van der Waals surface area contributed by atoms with Crippen LogP contribution in [0, 0.1) is 12.8 Å². The van der Waals surface area contributed by atoms with Gasteiger partial charge < -0.3 is 20.0 Å². The Hall–Kier alpha value is -1.50. The van der Waals surface area contributed by atoms with E-state index in [9.17, 15) is 4.79 Å². The number of rotatable bonds is 2. The van der Waals surface area contributed by atoms with Gasteiger partial charge in [-0.3, -0.25) is 4.79 Å². The molecule has 1 aliphatic heterocycles. The number of halogens is 2. The lowest BCUT2D eigenvalue weighted by atomic mass is 9.85. The first-order valence-corrected chi connectivity index (χ1v) is 9.26. The lowest BCUT2D eigenvalue weighted by Gasteiger charge is -2.37. The van der Waals surface area contributed by atoms with Crippen molar-refractivity contribution >= 4 is 47.8 Å². The SMILES string of the molecule is Cc1ccc2oc(N3CCN(C(=O)C4CCCC(N)C4)CC3)nc2c1.Cl.Cl. The zero-order chi connectivity index (χ0) is 17.4. The van der Waals surface area contributed by atoms with Crippen molar-refractivity contribution in [3.63, 3.8) is 0 Å². The molecule has 1 saturated heterocycles. The third kappa shape index (κ3) is 4.68. The lowest BCUT2D eigenvalue weighted by Crippen LogP contribution is -2.51. The lowest BCUT2D eigenvalue weighted by molar-refractivity contribution is -0.137. The Morgan fingerprint density at radius 1 is 1.19 bits per heavy atom.